The molecule has 2 fully saturated rings. The van der Waals surface area contributed by atoms with Crippen molar-refractivity contribution in [1.29, 1.82) is 5.26 Å². The second kappa shape index (κ2) is 12.5. The van der Waals surface area contributed by atoms with Crippen molar-refractivity contribution in [2.45, 2.75) is 76.4 Å². The lowest BCUT2D eigenvalue weighted by Gasteiger charge is -2.52. The van der Waals surface area contributed by atoms with Gasteiger partial charge in [-0.05, 0) is 70.7 Å². The van der Waals surface area contributed by atoms with Gasteiger partial charge in [-0.15, -0.1) is 10.2 Å². The molecule has 5 rings (SSSR count). The van der Waals surface area contributed by atoms with E-state index >= 15 is 4.39 Å². The highest BCUT2D eigenvalue weighted by Gasteiger charge is 2.50. The number of aromatic nitrogens is 4. The van der Waals surface area contributed by atoms with E-state index in [2.05, 4.69) is 20.2 Å². The third kappa shape index (κ3) is 6.51. The minimum atomic E-state index is -1.26. The molecule has 0 aliphatic carbocycles. The number of rotatable bonds is 7. The van der Waals surface area contributed by atoms with Gasteiger partial charge in [0.25, 0.3) is 0 Å². The van der Waals surface area contributed by atoms with Crippen LogP contribution in [0.1, 0.15) is 52.1 Å². The zero-order valence-corrected chi connectivity index (χ0v) is 25.0. The van der Waals surface area contributed by atoms with Gasteiger partial charge in [-0.2, -0.15) is 5.26 Å². The van der Waals surface area contributed by atoms with Gasteiger partial charge in [0, 0.05) is 31.3 Å². The topological polar surface area (TPSA) is 127 Å². The van der Waals surface area contributed by atoms with Gasteiger partial charge in [-0.25, -0.2) is 14.2 Å². The molecule has 3 aromatic rings. The number of fused-ring (bicyclic) bond motifs is 2. The van der Waals surface area contributed by atoms with Crippen LogP contribution in [0.4, 0.5) is 15.0 Å². The molecule has 4 heterocycles. The number of ether oxygens (including phenoxy) is 3. The number of carbonyl (C=O) groups excluding carboxylic acids is 1. The van der Waals surface area contributed by atoms with Crippen LogP contribution in [0.3, 0.4) is 0 Å². The highest BCUT2D eigenvalue weighted by Crippen LogP contribution is 2.40. The molecule has 1 aromatic carbocycles. The number of halogens is 1. The number of methoxy groups -OCH3 is 1. The zero-order chi connectivity index (χ0) is 30.7. The van der Waals surface area contributed by atoms with Gasteiger partial charge in [-0.3, -0.25) is 9.88 Å². The summed E-state index contributed by atoms with van der Waals surface area (Å²) < 4.78 is 32.6. The Morgan fingerprint density at radius 1 is 1.14 bits per heavy atom. The maximum atomic E-state index is 16.0. The Labute approximate surface area is 250 Å². The summed E-state index contributed by atoms with van der Waals surface area (Å²) in [7, 11) is 3.35. The molecule has 2 saturated heterocycles. The van der Waals surface area contributed by atoms with Gasteiger partial charge < -0.3 is 19.1 Å². The van der Waals surface area contributed by atoms with E-state index in [0.717, 1.165) is 18.4 Å². The van der Waals surface area contributed by atoms with Crippen LogP contribution in [-0.2, 0) is 9.47 Å². The summed E-state index contributed by atoms with van der Waals surface area (Å²) in [6, 6.07) is 10.0. The molecule has 1 amide bonds. The van der Waals surface area contributed by atoms with E-state index < -0.39 is 29.9 Å². The van der Waals surface area contributed by atoms with Gasteiger partial charge in [0.15, 0.2) is 18.3 Å². The molecule has 43 heavy (non-hydrogen) atoms. The Morgan fingerprint density at radius 2 is 1.95 bits per heavy atom. The number of benzene rings is 1. The third-order valence-corrected chi connectivity index (χ3v) is 7.80. The van der Waals surface area contributed by atoms with Crippen molar-refractivity contribution in [2.24, 2.45) is 0 Å². The Bertz CT molecular complexity index is 1470. The first-order valence-electron chi connectivity index (χ1n) is 14.3. The van der Waals surface area contributed by atoms with Crippen molar-refractivity contribution < 1.29 is 23.4 Å². The molecule has 2 aromatic heterocycles. The maximum absolute atomic E-state index is 16.0. The van der Waals surface area contributed by atoms with Crippen molar-refractivity contribution in [3.63, 3.8) is 0 Å². The highest BCUT2D eigenvalue weighted by atomic mass is 19.1. The Hall–Kier alpha value is -4.37. The molecule has 0 unspecified atom stereocenters. The number of nitriles is 1. The summed E-state index contributed by atoms with van der Waals surface area (Å²) in [6.07, 6.45) is 4.00. The molecule has 2 bridgehead atoms. The number of hydrogen-bond donors (Lipinski definition) is 0. The van der Waals surface area contributed by atoms with Crippen LogP contribution in [0, 0.1) is 11.3 Å². The van der Waals surface area contributed by atoms with Crippen LogP contribution >= 0.6 is 0 Å². The smallest absolute Gasteiger partial charge is 0.410 e. The monoisotopic (exact) mass is 589 g/mol. The van der Waals surface area contributed by atoms with Gasteiger partial charge in [0.1, 0.15) is 23.6 Å². The number of piperidine rings is 2. The van der Waals surface area contributed by atoms with Crippen molar-refractivity contribution in [1.82, 2.24) is 25.1 Å². The number of alkyl halides is 1. The summed E-state index contributed by atoms with van der Waals surface area (Å²) in [6.45, 7) is 5.48. The Morgan fingerprint density at radius 3 is 2.60 bits per heavy atom. The molecule has 12 heteroatoms. The quantitative estimate of drug-likeness (QED) is 0.341. The number of anilines is 1. The summed E-state index contributed by atoms with van der Waals surface area (Å²) >= 11 is 0. The maximum Gasteiger partial charge on any atom is 0.410 e. The van der Waals surface area contributed by atoms with Crippen LogP contribution < -0.4 is 9.64 Å². The molecule has 0 spiro atoms. The molecule has 0 N–H and O–H groups in total. The van der Waals surface area contributed by atoms with Crippen LogP contribution in [0.25, 0.3) is 22.5 Å². The van der Waals surface area contributed by atoms with Crippen LogP contribution in [-0.4, -0.2) is 82.0 Å². The molecule has 4 atom stereocenters. The van der Waals surface area contributed by atoms with E-state index in [4.69, 9.17) is 19.5 Å². The van der Waals surface area contributed by atoms with E-state index in [0.29, 0.717) is 41.4 Å². The highest BCUT2D eigenvalue weighted by molar-refractivity contribution is 5.73. The number of nitrogens with zero attached hydrogens (tertiary/aromatic N) is 7. The predicted octanol–water partition coefficient (Wildman–Crippen LogP) is 5.16. The van der Waals surface area contributed by atoms with Crippen molar-refractivity contribution in [3.8, 4) is 34.3 Å². The Balaban J connectivity index is 1.35. The first kappa shape index (κ1) is 30.1. The van der Waals surface area contributed by atoms with E-state index in [9.17, 15) is 4.79 Å². The standard InChI is InChI=1S/C31H36FN7O4/c1-31(2,3)43-30(40)39-21-7-6-8-25(39)29(32)26(14-21)38(4)28-12-11-23(36-37-28)22-10-9-19(13-27(22)42-18-41-5)24-17-34-20(15-33)16-35-24/h9-13,16-17,21,25-26,29H,6-8,14,18H2,1-5H3/t21-,25+,26-,29+/m1/s1. The zero-order valence-electron chi connectivity index (χ0n) is 25.0. The first-order valence-corrected chi connectivity index (χ1v) is 14.3. The number of amides is 1. The third-order valence-electron chi connectivity index (χ3n) is 7.80. The minimum Gasteiger partial charge on any atom is -0.467 e. The SMILES string of the molecule is COCOc1cc(-c2cnc(C#N)cn2)ccc1-c1ccc(N(C)[C@@H]2C[C@H]3CCC[C@@H]([C@@H]2F)N3C(=O)OC(C)(C)C)nn1. The Kier molecular flexibility index (Phi) is 8.73. The van der Waals surface area contributed by atoms with E-state index in [1.807, 2.05) is 63.1 Å². The number of hydrogen-bond acceptors (Lipinski definition) is 10. The van der Waals surface area contributed by atoms with E-state index in [1.54, 1.807) is 11.0 Å². The summed E-state index contributed by atoms with van der Waals surface area (Å²) in [5.74, 6) is 1.04. The molecule has 226 valence electrons. The lowest BCUT2D eigenvalue weighted by Crippen LogP contribution is -2.65. The van der Waals surface area contributed by atoms with E-state index in [-0.39, 0.29) is 18.5 Å². The second-order valence-electron chi connectivity index (χ2n) is 11.8. The van der Waals surface area contributed by atoms with Crippen LogP contribution in [0.2, 0.25) is 0 Å². The van der Waals surface area contributed by atoms with Gasteiger partial charge in [0.2, 0.25) is 0 Å². The molecule has 0 saturated carbocycles. The average molecular weight is 590 g/mol. The summed E-state index contributed by atoms with van der Waals surface area (Å²) in [5.41, 5.74) is 2.16. The van der Waals surface area contributed by atoms with E-state index in [1.165, 1.54) is 19.5 Å². The first-order chi connectivity index (χ1) is 20.6. The summed E-state index contributed by atoms with van der Waals surface area (Å²) in [4.78, 5) is 24.8. The normalized spacial score (nSPS) is 21.6. The molecule has 2 aliphatic heterocycles. The lowest BCUT2D eigenvalue weighted by atomic mass is 9.80. The van der Waals surface area contributed by atoms with Gasteiger partial charge in [0.05, 0.1) is 35.9 Å². The van der Waals surface area contributed by atoms with Crippen molar-refractivity contribution >= 4 is 11.9 Å². The van der Waals surface area contributed by atoms with Gasteiger partial charge in [-0.1, -0.05) is 6.07 Å². The minimum absolute atomic E-state index is 0.0198. The fraction of sp³-hybridized carbons (Fsp3) is 0.484. The number of carbonyl (C=O) groups is 1. The molecule has 0 radical (unpaired) electrons. The van der Waals surface area contributed by atoms with Crippen LogP contribution in [0.5, 0.6) is 5.75 Å². The molecule has 2 aliphatic rings. The molecule has 11 nitrogen and oxygen atoms in total. The van der Waals surface area contributed by atoms with Crippen molar-refractivity contribution in [2.75, 3.05) is 25.9 Å². The van der Waals surface area contributed by atoms with Crippen molar-refractivity contribution in [3.05, 3.63) is 48.4 Å². The molecular formula is C31H36FN7O4. The fourth-order valence-corrected chi connectivity index (χ4v) is 5.79. The average Bonchev–Trinajstić information content (AvgIpc) is 3.00. The summed E-state index contributed by atoms with van der Waals surface area (Å²) in [5, 5.41) is 17.9. The van der Waals surface area contributed by atoms with Gasteiger partial charge >= 0.3 is 6.09 Å². The largest absolute Gasteiger partial charge is 0.467 e. The second-order valence-corrected chi connectivity index (χ2v) is 11.8. The predicted molar refractivity (Wildman–Crippen MR) is 157 cm³/mol. The lowest BCUT2D eigenvalue weighted by molar-refractivity contribution is -0.0467. The van der Waals surface area contributed by atoms with Crippen LogP contribution in [0.15, 0.2) is 42.7 Å². The molecular weight excluding hydrogens is 553 g/mol. The fourth-order valence-electron chi connectivity index (χ4n) is 5.79.